The zero-order chi connectivity index (χ0) is 8.48. The third kappa shape index (κ3) is 1.93. The van der Waals surface area contributed by atoms with Gasteiger partial charge in [-0.3, -0.25) is 4.79 Å². The monoisotopic (exact) mass is 157 g/mol. The Morgan fingerprint density at radius 1 is 1.73 bits per heavy atom. The number of amides is 1. The van der Waals surface area contributed by atoms with Gasteiger partial charge in [-0.05, 0) is 26.7 Å². The molecule has 0 radical (unpaired) electrons. The van der Waals surface area contributed by atoms with E-state index < -0.39 is 0 Å². The summed E-state index contributed by atoms with van der Waals surface area (Å²) in [6.07, 6.45) is 1.43. The van der Waals surface area contributed by atoms with Gasteiger partial charge in [0.2, 0.25) is 5.91 Å². The maximum absolute atomic E-state index is 11.2. The summed E-state index contributed by atoms with van der Waals surface area (Å²) in [6.45, 7) is 4.11. The Morgan fingerprint density at radius 2 is 2.36 bits per heavy atom. The molecule has 3 heteroatoms. The molecule has 1 heterocycles. The molecule has 3 nitrogen and oxygen atoms in total. The SMILES string of the molecule is CC1(C)C[C@H](CCO)C(=O)N1. The van der Waals surface area contributed by atoms with Crippen LogP contribution in [-0.2, 0) is 4.79 Å². The van der Waals surface area contributed by atoms with Gasteiger partial charge in [-0.25, -0.2) is 0 Å². The number of carbonyl (C=O) groups is 1. The van der Waals surface area contributed by atoms with Crippen LogP contribution in [-0.4, -0.2) is 23.2 Å². The number of rotatable bonds is 2. The van der Waals surface area contributed by atoms with Crippen molar-refractivity contribution in [1.82, 2.24) is 5.32 Å². The minimum atomic E-state index is -0.0725. The van der Waals surface area contributed by atoms with Gasteiger partial charge in [-0.15, -0.1) is 0 Å². The lowest BCUT2D eigenvalue weighted by molar-refractivity contribution is -0.123. The van der Waals surface area contributed by atoms with E-state index in [1.807, 2.05) is 13.8 Å². The van der Waals surface area contributed by atoms with E-state index in [9.17, 15) is 4.79 Å². The molecular weight excluding hydrogens is 142 g/mol. The second kappa shape index (κ2) is 2.81. The molecule has 1 saturated heterocycles. The predicted molar refractivity (Wildman–Crippen MR) is 42.0 cm³/mol. The van der Waals surface area contributed by atoms with Gasteiger partial charge in [-0.1, -0.05) is 0 Å². The summed E-state index contributed by atoms with van der Waals surface area (Å²) < 4.78 is 0. The Kier molecular flexibility index (Phi) is 2.18. The maximum Gasteiger partial charge on any atom is 0.223 e. The highest BCUT2D eigenvalue weighted by Gasteiger charge is 2.36. The molecule has 0 aromatic heterocycles. The minimum absolute atomic E-state index is 0.0231. The molecule has 11 heavy (non-hydrogen) atoms. The molecule has 0 unspecified atom stereocenters. The number of hydrogen-bond acceptors (Lipinski definition) is 2. The lowest BCUT2D eigenvalue weighted by atomic mass is 9.95. The minimum Gasteiger partial charge on any atom is -0.396 e. The standard InChI is InChI=1S/C8H15NO2/c1-8(2)5-6(3-4-10)7(11)9-8/h6,10H,3-5H2,1-2H3,(H,9,11)/t6-/m0/s1. The smallest absolute Gasteiger partial charge is 0.223 e. The Labute approximate surface area is 66.8 Å². The lowest BCUT2D eigenvalue weighted by Gasteiger charge is -2.16. The Morgan fingerprint density at radius 3 is 2.73 bits per heavy atom. The highest BCUT2D eigenvalue weighted by Crippen LogP contribution is 2.26. The van der Waals surface area contributed by atoms with Crippen molar-refractivity contribution < 1.29 is 9.90 Å². The molecule has 1 fully saturated rings. The molecule has 1 aliphatic heterocycles. The molecule has 2 N–H and O–H groups in total. The van der Waals surface area contributed by atoms with E-state index in [1.165, 1.54) is 0 Å². The Bertz CT molecular complexity index is 165. The normalized spacial score (nSPS) is 28.6. The maximum atomic E-state index is 11.2. The third-order valence-corrected chi connectivity index (χ3v) is 2.07. The summed E-state index contributed by atoms with van der Waals surface area (Å²) in [5, 5.41) is 11.5. The predicted octanol–water partition coefficient (Wildman–Crippen LogP) is 0.283. The van der Waals surface area contributed by atoms with Crippen LogP contribution in [0.1, 0.15) is 26.7 Å². The largest absolute Gasteiger partial charge is 0.396 e. The van der Waals surface area contributed by atoms with Gasteiger partial charge in [-0.2, -0.15) is 0 Å². The fourth-order valence-electron chi connectivity index (χ4n) is 1.58. The van der Waals surface area contributed by atoms with Gasteiger partial charge in [0.1, 0.15) is 0 Å². The van der Waals surface area contributed by atoms with Crippen LogP contribution in [0.4, 0.5) is 0 Å². The second-order valence-electron chi connectivity index (χ2n) is 3.79. The number of nitrogens with one attached hydrogen (secondary N) is 1. The highest BCUT2D eigenvalue weighted by atomic mass is 16.3. The van der Waals surface area contributed by atoms with Crippen LogP contribution in [0, 0.1) is 5.92 Å². The molecule has 0 spiro atoms. The fraction of sp³-hybridized carbons (Fsp3) is 0.875. The Hall–Kier alpha value is -0.570. The summed E-state index contributed by atoms with van der Waals surface area (Å²) in [5.74, 6) is 0.110. The molecule has 1 atom stereocenters. The van der Waals surface area contributed by atoms with Gasteiger partial charge in [0.05, 0.1) is 0 Å². The first-order chi connectivity index (χ1) is 5.05. The first-order valence-corrected chi connectivity index (χ1v) is 3.98. The van der Waals surface area contributed by atoms with E-state index >= 15 is 0 Å². The molecule has 0 aliphatic carbocycles. The first kappa shape index (κ1) is 8.53. The molecular formula is C8H15NO2. The van der Waals surface area contributed by atoms with Crippen LogP contribution in [0.3, 0.4) is 0 Å². The molecule has 1 rings (SSSR count). The van der Waals surface area contributed by atoms with Gasteiger partial charge in [0.25, 0.3) is 0 Å². The summed E-state index contributed by atoms with van der Waals surface area (Å²) in [4.78, 5) is 11.2. The van der Waals surface area contributed by atoms with E-state index in [-0.39, 0.29) is 24.0 Å². The van der Waals surface area contributed by atoms with Crippen molar-refractivity contribution in [1.29, 1.82) is 0 Å². The van der Waals surface area contributed by atoms with Crippen LogP contribution < -0.4 is 5.32 Å². The molecule has 0 saturated carbocycles. The van der Waals surface area contributed by atoms with Crippen molar-refractivity contribution >= 4 is 5.91 Å². The van der Waals surface area contributed by atoms with Crippen LogP contribution in [0.2, 0.25) is 0 Å². The zero-order valence-electron chi connectivity index (χ0n) is 7.05. The molecule has 0 aromatic rings. The summed E-state index contributed by atoms with van der Waals surface area (Å²) >= 11 is 0. The van der Waals surface area contributed by atoms with Crippen molar-refractivity contribution in [2.24, 2.45) is 5.92 Å². The number of hydrogen-bond donors (Lipinski definition) is 2. The van der Waals surface area contributed by atoms with Crippen LogP contribution >= 0.6 is 0 Å². The van der Waals surface area contributed by atoms with Gasteiger partial charge in [0.15, 0.2) is 0 Å². The number of aliphatic hydroxyl groups is 1. The Balaban J connectivity index is 2.52. The fourth-order valence-corrected chi connectivity index (χ4v) is 1.58. The summed E-state index contributed by atoms with van der Waals surface area (Å²) in [6, 6.07) is 0. The first-order valence-electron chi connectivity index (χ1n) is 3.98. The van der Waals surface area contributed by atoms with E-state index in [4.69, 9.17) is 5.11 Å². The molecule has 0 aromatic carbocycles. The zero-order valence-corrected chi connectivity index (χ0v) is 7.05. The number of aliphatic hydroxyl groups excluding tert-OH is 1. The van der Waals surface area contributed by atoms with Crippen LogP contribution in [0.15, 0.2) is 0 Å². The third-order valence-electron chi connectivity index (χ3n) is 2.07. The molecule has 64 valence electrons. The molecule has 1 aliphatic rings. The average Bonchev–Trinajstić information content (AvgIpc) is 2.07. The van der Waals surface area contributed by atoms with Gasteiger partial charge >= 0.3 is 0 Å². The molecule has 0 bridgehead atoms. The summed E-state index contributed by atoms with van der Waals surface area (Å²) in [5.41, 5.74) is -0.0725. The number of carbonyl (C=O) groups excluding carboxylic acids is 1. The van der Waals surface area contributed by atoms with Crippen LogP contribution in [0.5, 0.6) is 0 Å². The quantitative estimate of drug-likeness (QED) is 0.605. The summed E-state index contributed by atoms with van der Waals surface area (Å²) in [7, 11) is 0. The van der Waals surface area contributed by atoms with E-state index in [1.54, 1.807) is 0 Å². The average molecular weight is 157 g/mol. The van der Waals surface area contributed by atoms with Crippen molar-refractivity contribution in [2.45, 2.75) is 32.2 Å². The van der Waals surface area contributed by atoms with Crippen molar-refractivity contribution in [3.63, 3.8) is 0 Å². The van der Waals surface area contributed by atoms with Crippen LogP contribution in [0.25, 0.3) is 0 Å². The van der Waals surface area contributed by atoms with Gasteiger partial charge < -0.3 is 10.4 Å². The second-order valence-corrected chi connectivity index (χ2v) is 3.79. The lowest BCUT2D eigenvalue weighted by Crippen LogP contribution is -2.34. The van der Waals surface area contributed by atoms with Crippen molar-refractivity contribution in [3.05, 3.63) is 0 Å². The van der Waals surface area contributed by atoms with Crippen molar-refractivity contribution in [2.75, 3.05) is 6.61 Å². The van der Waals surface area contributed by atoms with E-state index in [0.29, 0.717) is 6.42 Å². The van der Waals surface area contributed by atoms with Gasteiger partial charge in [0, 0.05) is 18.1 Å². The highest BCUT2D eigenvalue weighted by molar-refractivity contribution is 5.81. The van der Waals surface area contributed by atoms with Crippen molar-refractivity contribution in [3.8, 4) is 0 Å². The van der Waals surface area contributed by atoms with E-state index in [2.05, 4.69) is 5.32 Å². The molecule has 1 amide bonds. The topological polar surface area (TPSA) is 49.3 Å². The van der Waals surface area contributed by atoms with E-state index in [0.717, 1.165) is 6.42 Å².